The molecule has 0 saturated carbocycles. The molecule has 98 valence electrons. The van der Waals surface area contributed by atoms with Crippen molar-refractivity contribution in [1.29, 1.82) is 0 Å². The number of hydrogen-bond acceptors (Lipinski definition) is 3. The van der Waals surface area contributed by atoms with E-state index in [0.717, 1.165) is 26.2 Å². The minimum atomic E-state index is 0.185. The molecule has 0 radical (unpaired) electrons. The molecule has 0 amide bonds. The summed E-state index contributed by atoms with van der Waals surface area (Å²) in [5.41, 5.74) is 0. The standard InChI is InChI=1S/C13H29NO2/c1-6-8-14-13(11(3)4)10-16-12(5)9-15-7-2/h11-14H,6-10H2,1-5H3. The maximum atomic E-state index is 5.78. The summed E-state index contributed by atoms with van der Waals surface area (Å²) in [5.74, 6) is 0.603. The quantitative estimate of drug-likeness (QED) is 0.626. The molecule has 2 atom stereocenters. The van der Waals surface area contributed by atoms with Gasteiger partial charge in [0.15, 0.2) is 0 Å². The highest BCUT2D eigenvalue weighted by Crippen LogP contribution is 2.04. The molecule has 0 aliphatic heterocycles. The molecule has 3 nitrogen and oxygen atoms in total. The second-order valence-corrected chi connectivity index (χ2v) is 4.61. The molecule has 0 aromatic carbocycles. The van der Waals surface area contributed by atoms with E-state index < -0.39 is 0 Å². The van der Waals surface area contributed by atoms with E-state index in [2.05, 4.69) is 33.0 Å². The van der Waals surface area contributed by atoms with Crippen molar-refractivity contribution >= 4 is 0 Å². The van der Waals surface area contributed by atoms with Crippen LogP contribution in [0.25, 0.3) is 0 Å². The van der Waals surface area contributed by atoms with Crippen LogP contribution >= 0.6 is 0 Å². The molecule has 0 heterocycles. The number of rotatable bonds is 10. The Kier molecular flexibility index (Phi) is 9.99. The van der Waals surface area contributed by atoms with Gasteiger partial charge in [-0.25, -0.2) is 0 Å². The van der Waals surface area contributed by atoms with E-state index in [4.69, 9.17) is 9.47 Å². The second kappa shape index (κ2) is 10.1. The molecule has 0 rings (SSSR count). The van der Waals surface area contributed by atoms with Gasteiger partial charge >= 0.3 is 0 Å². The zero-order valence-corrected chi connectivity index (χ0v) is 11.6. The topological polar surface area (TPSA) is 30.5 Å². The Morgan fingerprint density at radius 1 is 1.06 bits per heavy atom. The summed E-state index contributed by atoms with van der Waals surface area (Å²) in [6.07, 6.45) is 1.35. The van der Waals surface area contributed by atoms with Gasteiger partial charge < -0.3 is 14.8 Å². The molecule has 2 unspecified atom stereocenters. The van der Waals surface area contributed by atoms with Crippen molar-refractivity contribution < 1.29 is 9.47 Å². The first-order valence-electron chi connectivity index (χ1n) is 6.54. The summed E-state index contributed by atoms with van der Waals surface area (Å²) in [6.45, 7) is 14.0. The number of ether oxygens (including phenoxy) is 2. The maximum Gasteiger partial charge on any atom is 0.0781 e. The molecular weight excluding hydrogens is 202 g/mol. The average molecular weight is 231 g/mol. The van der Waals surface area contributed by atoms with E-state index in [1.807, 2.05) is 6.92 Å². The lowest BCUT2D eigenvalue weighted by molar-refractivity contribution is -0.0156. The van der Waals surface area contributed by atoms with Crippen LogP contribution < -0.4 is 5.32 Å². The first-order valence-corrected chi connectivity index (χ1v) is 6.54. The SMILES string of the molecule is CCCNC(COC(C)COCC)C(C)C. The first kappa shape index (κ1) is 15.9. The van der Waals surface area contributed by atoms with Crippen LogP contribution in [-0.2, 0) is 9.47 Å². The molecule has 0 aliphatic rings. The Morgan fingerprint density at radius 3 is 2.25 bits per heavy atom. The number of hydrogen-bond donors (Lipinski definition) is 1. The maximum absolute atomic E-state index is 5.78. The van der Waals surface area contributed by atoms with Gasteiger partial charge in [-0.15, -0.1) is 0 Å². The largest absolute Gasteiger partial charge is 0.379 e. The Hall–Kier alpha value is -0.120. The number of nitrogens with one attached hydrogen (secondary N) is 1. The lowest BCUT2D eigenvalue weighted by Crippen LogP contribution is -2.39. The van der Waals surface area contributed by atoms with Gasteiger partial charge in [0.1, 0.15) is 0 Å². The molecule has 0 spiro atoms. The monoisotopic (exact) mass is 231 g/mol. The summed E-state index contributed by atoms with van der Waals surface area (Å²) in [6, 6.07) is 0.448. The molecule has 3 heteroatoms. The van der Waals surface area contributed by atoms with Gasteiger partial charge in [-0.1, -0.05) is 20.8 Å². The Bertz CT molecular complexity index is 151. The van der Waals surface area contributed by atoms with Crippen LogP contribution in [0.15, 0.2) is 0 Å². The van der Waals surface area contributed by atoms with Gasteiger partial charge in [0.05, 0.1) is 19.3 Å². The summed E-state index contributed by atoms with van der Waals surface area (Å²) >= 11 is 0. The van der Waals surface area contributed by atoms with Gasteiger partial charge in [-0.3, -0.25) is 0 Å². The van der Waals surface area contributed by atoms with E-state index in [9.17, 15) is 0 Å². The Labute approximate surface area is 101 Å². The minimum Gasteiger partial charge on any atom is -0.379 e. The van der Waals surface area contributed by atoms with Crippen LogP contribution in [0.4, 0.5) is 0 Å². The van der Waals surface area contributed by atoms with E-state index >= 15 is 0 Å². The molecule has 0 fully saturated rings. The van der Waals surface area contributed by atoms with Crippen LogP contribution in [0, 0.1) is 5.92 Å². The predicted molar refractivity (Wildman–Crippen MR) is 68.8 cm³/mol. The van der Waals surface area contributed by atoms with E-state index in [-0.39, 0.29) is 6.10 Å². The van der Waals surface area contributed by atoms with Crippen LogP contribution in [0.2, 0.25) is 0 Å². The van der Waals surface area contributed by atoms with E-state index in [0.29, 0.717) is 18.6 Å². The van der Waals surface area contributed by atoms with Gasteiger partial charge in [-0.2, -0.15) is 0 Å². The summed E-state index contributed by atoms with van der Waals surface area (Å²) in [4.78, 5) is 0. The zero-order valence-electron chi connectivity index (χ0n) is 11.6. The van der Waals surface area contributed by atoms with Gasteiger partial charge in [0.2, 0.25) is 0 Å². The van der Waals surface area contributed by atoms with Crippen molar-refractivity contribution in [1.82, 2.24) is 5.32 Å². The third-order valence-electron chi connectivity index (χ3n) is 2.58. The molecule has 0 aliphatic carbocycles. The van der Waals surface area contributed by atoms with Crippen molar-refractivity contribution in [3.05, 3.63) is 0 Å². The van der Waals surface area contributed by atoms with Crippen molar-refractivity contribution in [2.45, 2.75) is 53.2 Å². The van der Waals surface area contributed by atoms with Crippen LogP contribution in [-0.4, -0.2) is 38.5 Å². The van der Waals surface area contributed by atoms with Crippen molar-refractivity contribution in [2.24, 2.45) is 5.92 Å². The summed E-state index contributed by atoms with van der Waals surface area (Å²) < 4.78 is 11.1. The molecule has 0 saturated heterocycles. The average Bonchev–Trinajstić information content (AvgIpc) is 2.25. The summed E-state index contributed by atoms with van der Waals surface area (Å²) in [7, 11) is 0. The molecule has 0 aromatic heterocycles. The highest BCUT2D eigenvalue weighted by Gasteiger charge is 2.14. The third-order valence-corrected chi connectivity index (χ3v) is 2.58. The predicted octanol–water partition coefficient (Wildman–Crippen LogP) is 2.45. The van der Waals surface area contributed by atoms with Gasteiger partial charge in [0.25, 0.3) is 0 Å². The smallest absolute Gasteiger partial charge is 0.0781 e. The van der Waals surface area contributed by atoms with Crippen molar-refractivity contribution in [2.75, 3.05) is 26.4 Å². The van der Waals surface area contributed by atoms with E-state index in [1.54, 1.807) is 0 Å². The normalized spacial score (nSPS) is 15.4. The van der Waals surface area contributed by atoms with Crippen LogP contribution in [0.5, 0.6) is 0 Å². The van der Waals surface area contributed by atoms with Gasteiger partial charge in [0, 0.05) is 12.6 Å². The molecule has 0 aromatic rings. The Balaban J connectivity index is 3.73. The summed E-state index contributed by atoms with van der Waals surface area (Å²) in [5, 5.41) is 3.51. The molecule has 16 heavy (non-hydrogen) atoms. The Morgan fingerprint density at radius 2 is 1.75 bits per heavy atom. The van der Waals surface area contributed by atoms with Crippen LogP contribution in [0.1, 0.15) is 41.0 Å². The highest BCUT2D eigenvalue weighted by molar-refractivity contribution is 4.70. The molecular formula is C13H29NO2. The van der Waals surface area contributed by atoms with Crippen molar-refractivity contribution in [3.8, 4) is 0 Å². The fraction of sp³-hybridized carbons (Fsp3) is 1.00. The lowest BCUT2D eigenvalue weighted by atomic mass is 10.1. The first-order chi connectivity index (χ1) is 7.61. The molecule has 0 bridgehead atoms. The highest BCUT2D eigenvalue weighted by atomic mass is 16.5. The lowest BCUT2D eigenvalue weighted by Gasteiger charge is -2.24. The fourth-order valence-electron chi connectivity index (χ4n) is 1.42. The molecule has 1 N–H and O–H groups in total. The van der Waals surface area contributed by atoms with E-state index in [1.165, 1.54) is 0 Å². The minimum absolute atomic E-state index is 0.185. The third kappa shape index (κ3) is 8.08. The van der Waals surface area contributed by atoms with Crippen LogP contribution in [0.3, 0.4) is 0 Å². The van der Waals surface area contributed by atoms with Crippen molar-refractivity contribution in [3.63, 3.8) is 0 Å². The second-order valence-electron chi connectivity index (χ2n) is 4.61. The fourth-order valence-corrected chi connectivity index (χ4v) is 1.42. The zero-order chi connectivity index (χ0) is 12.4. The van der Waals surface area contributed by atoms with Gasteiger partial charge in [-0.05, 0) is 32.7 Å².